The van der Waals surface area contributed by atoms with Gasteiger partial charge < -0.3 is 104 Å². The zero-order chi connectivity index (χ0) is 53.4. The highest BCUT2D eigenvalue weighted by molar-refractivity contribution is 5.99. The Labute approximate surface area is 415 Å². The van der Waals surface area contributed by atoms with Gasteiger partial charge in [-0.15, -0.1) is 0 Å². The molecule has 2 saturated heterocycles. The van der Waals surface area contributed by atoms with Crippen molar-refractivity contribution in [3.8, 4) is 5.75 Å². The SMILES string of the molecule is CC(=O)Nc1cc(CC2NC(=O)C(C(C)c3ccccc3)NC(=O)CNC(=O)C(CO)NC(=O)C(C(O)C3CN=C(N)N3C3OC(CO)C(O)C(O)C3O)NC(=O)C(C(O)C3CN=C(N)N3)NC2=O)ccc1O. The number of hydrogen-bond donors (Lipinski definition) is 18. The molecule has 29 heteroatoms. The van der Waals surface area contributed by atoms with E-state index in [-0.39, 0.29) is 29.5 Å². The van der Waals surface area contributed by atoms with E-state index in [9.17, 15) is 74.4 Å². The van der Waals surface area contributed by atoms with Gasteiger partial charge in [0.05, 0.1) is 50.6 Å². The van der Waals surface area contributed by atoms with Crippen LogP contribution in [0.1, 0.15) is 30.9 Å². The number of nitrogens with one attached hydrogen (secondary N) is 8. The summed E-state index contributed by atoms with van der Waals surface area (Å²) in [5.41, 5.74) is 12.7. The van der Waals surface area contributed by atoms with E-state index < -0.39 is 171 Å². The van der Waals surface area contributed by atoms with Gasteiger partial charge in [0.15, 0.2) is 18.1 Å². The molecule has 4 heterocycles. The van der Waals surface area contributed by atoms with Gasteiger partial charge in [-0.3, -0.25) is 43.5 Å². The number of hydrogen-bond acceptors (Lipinski definition) is 22. The van der Waals surface area contributed by atoms with E-state index in [1.807, 2.05) is 0 Å². The first kappa shape index (κ1) is 55.1. The van der Waals surface area contributed by atoms with Crippen LogP contribution in [-0.2, 0) is 44.7 Å². The standard InChI is InChI=1S/C44H61N13O16/c1-17(20-6-4-3-5-7-20)29-39(70)51-22(11-19-8-9-26(61)21(10-19)50-18(2)60)38(69)55-30(32(63)23-12-48-43(45)53-23)41(72)56-31(40(71)52-24(15-58)37(68)47-14-28(62)54-29)33(64)25-13-49-44(46)57(25)42-36(67)35(66)34(65)27(16-59)73-42/h3-10,17,22-25,27,29-36,42,58-59,61,63-67H,11-16H2,1-2H3,(H2,46,49)(H,47,68)(H,50,60)(H,51,70)(H,52,71)(H,54,62)(H,55,69)(H,56,72)(H3,45,48,53). The number of aromatic hydroxyl groups is 1. The minimum atomic E-state index is -2.29. The number of ether oxygens (including phenoxy) is 1. The average Bonchev–Trinajstić information content (AvgIpc) is 3.98. The van der Waals surface area contributed by atoms with Crippen LogP contribution in [0, 0.1) is 0 Å². The smallest absolute Gasteiger partial charge is 0.246 e. The largest absolute Gasteiger partial charge is 0.506 e. The van der Waals surface area contributed by atoms with Crippen molar-refractivity contribution in [2.45, 2.75) is 111 Å². The Bertz CT molecular complexity index is 2430. The van der Waals surface area contributed by atoms with Crippen molar-refractivity contribution < 1.29 is 79.2 Å². The highest BCUT2D eigenvalue weighted by Gasteiger charge is 2.52. The number of nitrogens with zero attached hydrogens (tertiary/aromatic N) is 3. The molecule has 7 amide bonds. The van der Waals surface area contributed by atoms with Crippen molar-refractivity contribution >= 4 is 59.0 Å². The van der Waals surface area contributed by atoms with Gasteiger partial charge >= 0.3 is 0 Å². The molecule has 0 bridgehead atoms. The third-order valence-electron chi connectivity index (χ3n) is 12.8. The van der Waals surface area contributed by atoms with Crippen LogP contribution in [0.4, 0.5) is 5.69 Å². The second-order valence-corrected chi connectivity index (χ2v) is 17.8. The molecule has 2 aromatic rings. The van der Waals surface area contributed by atoms with E-state index in [4.69, 9.17) is 16.2 Å². The molecule has 15 atom stereocenters. The minimum absolute atomic E-state index is 0.0785. The van der Waals surface area contributed by atoms with Crippen LogP contribution in [-0.4, -0.2) is 217 Å². The van der Waals surface area contributed by atoms with Gasteiger partial charge in [-0.2, -0.15) is 0 Å². The fourth-order valence-corrected chi connectivity index (χ4v) is 8.71. The van der Waals surface area contributed by atoms with Crippen LogP contribution in [0.3, 0.4) is 0 Å². The van der Waals surface area contributed by atoms with Crippen LogP contribution < -0.4 is 54.0 Å². The molecule has 6 rings (SSSR count). The van der Waals surface area contributed by atoms with Crippen LogP contribution in [0.25, 0.3) is 0 Å². The first-order chi connectivity index (χ1) is 34.6. The fraction of sp³-hybridized carbons (Fsp3) is 0.523. The molecule has 398 valence electrons. The van der Waals surface area contributed by atoms with E-state index in [1.165, 1.54) is 25.1 Å². The van der Waals surface area contributed by atoms with E-state index in [2.05, 4.69) is 52.5 Å². The Kier molecular flexibility index (Phi) is 18.1. The summed E-state index contributed by atoms with van der Waals surface area (Å²) in [7, 11) is 0. The molecule has 4 aliphatic rings. The molecular weight excluding hydrogens is 967 g/mol. The Morgan fingerprint density at radius 1 is 0.767 bits per heavy atom. The number of anilines is 1. The van der Waals surface area contributed by atoms with Gasteiger partial charge in [0, 0.05) is 19.3 Å². The van der Waals surface area contributed by atoms with Gasteiger partial charge in [-0.1, -0.05) is 43.3 Å². The van der Waals surface area contributed by atoms with E-state index in [1.54, 1.807) is 37.3 Å². The van der Waals surface area contributed by atoms with Gasteiger partial charge in [0.2, 0.25) is 41.4 Å². The minimum Gasteiger partial charge on any atom is -0.506 e. The van der Waals surface area contributed by atoms with Crippen molar-refractivity contribution in [1.82, 2.24) is 42.1 Å². The summed E-state index contributed by atoms with van der Waals surface area (Å²) in [6.07, 6.45) is -13.8. The van der Waals surface area contributed by atoms with E-state index in [0.29, 0.717) is 5.56 Å². The number of phenols is 1. The predicted octanol–water partition coefficient (Wildman–Crippen LogP) is -8.95. The second-order valence-electron chi connectivity index (χ2n) is 17.8. The zero-order valence-corrected chi connectivity index (χ0v) is 39.4. The van der Waals surface area contributed by atoms with Crippen LogP contribution in [0.15, 0.2) is 58.5 Å². The summed E-state index contributed by atoms with van der Waals surface area (Å²) in [6.45, 7) is -0.869. The molecule has 0 radical (unpaired) electrons. The summed E-state index contributed by atoms with van der Waals surface area (Å²) >= 11 is 0. The highest BCUT2D eigenvalue weighted by atomic mass is 16.6. The zero-order valence-electron chi connectivity index (χ0n) is 39.4. The number of guanidine groups is 2. The number of rotatable bonds is 12. The summed E-state index contributed by atoms with van der Waals surface area (Å²) < 4.78 is 5.66. The van der Waals surface area contributed by atoms with Crippen molar-refractivity contribution in [3.05, 3.63) is 59.7 Å². The van der Waals surface area contributed by atoms with Crippen molar-refractivity contribution in [2.24, 2.45) is 21.5 Å². The molecule has 0 aromatic heterocycles. The van der Waals surface area contributed by atoms with Crippen molar-refractivity contribution in [3.63, 3.8) is 0 Å². The Morgan fingerprint density at radius 3 is 2.05 bits per heavy atom. The monoisotopic (exact) mass is 1030 g/mol. The molecule has 2 aromatic carbocycles. The van der Waals surface area contributed by atoms with Gasteiger partial charge in [-0.05, 0) is 23.3 Å². The highest BCUT2D eigenvalue weighted by Crippen LogP contribution is 2.29. The lowest BCUT2D eigenvalue weighted by Crippen LogP contribution is -2.70. The maximum Gasteiger partial charge on any atom is 0.246 e. The number of phenolic OH excluding ortho intramolecular Hbond substituents is 1. The number of nitrogens with two attached hydrogens (primary N) is 2. The molecule has 4 aliphatic heterocycles. The fourth-order valence-electron chi connectivity index (χ4n) is 8.71. The molecule has 0 spiro atoms. The Morgan fingerprint density at radius 2 is 1.41 bits per heavy atom. The molecule has 73 heavy (non-hydrogen) atoms. The normalized spacial score (nSPS) is 31.1. The first-order valence-electron chi connectivity index (χ1n) is 23.0. The summed E-state index contributed by atoms with van der Waals surface area (Å²) in [5, 5.41) is 106. The Balaban J connectivity index is 1.43. The number of amides is 7. The maximum absolute atomic E-state index is 14.8. The predicted molar refractivity (Wildman–Crippen MR) is 252 cm³/mol. The topological polar surface area (TPSA) is 467 Å². The molecule has 0 saturated carbocycles. The summed E-state index contributed by atoms with van der Waals surface area (Å²) in [6, 6.07) is -0.139. The number of aliphatic hydroxyl groups excluding tert-OH is 7. The number of aliphatic imine (C=N–C) groups is 2. The Hall–Kier alpha value is -7.25. The van der Waals surface area contributed by atoms with Crippen molar-refractivity contribution in [1.29, 1.82) is 0 Å². The van der Waals surface area contributed by atoms with Crippen LogP contribution in [0.5, 0.6) is 5.75 Å². The number of carbonyl (C=O) groups excluding carboxylic acids is 7. The molecule has 29 nitrogen and oxygen atoms in total. The molecule has 0 aliphatic carbocycles. The van der Waals surface area contributed by atoms with Crippen LogP contribution in [0.2, 0.25) is 0 Å². The summed E-state index contributed by atoms with van der Waals surface area (Å²) in [5.74, 6) is -9.47. The summed E-state index contributed by atoms with van der Waals surface area (Å²) in [4.78, 5) is 107. The number of aliphatic hydroxyl groups is 7. The molecule has 15 unspecified atom stereocenters. The molecule has 20 N–H and O–H groups in total. The van der Waals surface area contributed by atoms with Gasteiger partial charge in [-0.25, -0.2) is 0 Å². The quantitative estimate of drug-likeness (QED) is 0.0878. The average molecular weight is 1030 g/mol. The van der Waals surface area contributed by atoms with Gasteiger partial charge in [0.25, 0.3) is 0 Å². The lowest BCUT2D eigenvalue weighted by molar-refractivity contribution is -0.260. The lowest BCUT2D eigenvalue weighted by Gasteiger charge is -2.46. The van der Waals surface area contributed by atoms with E-state index in [0.717, 1.165) is 4.90 Å². The van der Waals surface area contributed by atoms with Crippen LogP contribution >= 0.6 is 0 Å². The van der Waals surface area contributed by atoms with Gasteiger partial charge in [0.1, 0.15) is 72.6 Å². The van der Waals surface area contributed by atoms with Crippen molar-refractivity contribution in [2.75, 3.05) is 38.2 Å². The second kappa shape index (κ2) is 24.0. The third kappa shape index (κ3) is 12.9. The lowest BCUT2D eigenvalue weighted by atomic mass is 9.92. The number of benzene rings is 2. The van der Waals surface area contributed by atoms with E-state index >= 15 is 0 Å². The third-order valence-corrected chi connectivity index (χ3v) is 12.8. The first-order valence-corrected chi connectivity index (χ1v) is 23.0. The maximum atomic E-state index is 14.8. The molecule has 2 fully saturated rings. The molecular formula is C44H61N13O16. The number of carbonyl (C=O) groups is 7.